The largest absolute Gasteiger partial charge is 0.379 e. The van der Waals surface area contributed by atoms with Crippen LogP contribution in [-0.2, 0) is 20.7 Å². The van der Waals surface area contributed by atoms with Crippen molar-refractivity contribution in [3.05, 3.63) is 34.9 Å². The van der Waals surface area contributed by atoms with E-state index >= 15 is 0 Å². The lowest BCUT2D eigenvalue weighted by Crippen LogP contribution is -2.60. The highest BCUT2D eigenvalue weighted by molar-refractivity contribution is 6.30. The Morgan fingerprint density at radius 2 is 1.88 bits per heavy atom. The summed E-state index contributed by atoms with van der Waals surface area (Å²) in [7, 11) is 0. The number of carbonyl (C=O) groups excluding carboxylic acids is 1. The summed E-state index contributed by atoms with van der Waals surface area (Å²) in [5.74, 6) is 0.211. The van der Waals surface area contributed by atoms with Crippen molar-refractivity contribution in [3.8, 4) is 0 Å². The van der Waals surface area contributed by atoms with E-state index in [-0.39, 0.29) is 16.9 Å². The van der Waals surface area contributed by atoms with Crippen molar-refractivity contribution in [1.82, 2.24) is 4.90 Å². The fourth-order valence-corrected chi connectivity index (χ4v) is 3.89. The molecule has 0 aromatic heterocycles. The van der Waals surface area contributed by atoms with Gasteiger partial charge in [-0.3, -0.25) is 4.79 Å². The minimum atomic E-state index is -0.244. The van der Waals surface area contributed by atoms with Crippen LogP contribution >= 0.6 is 11.6 Å². The Bertz CT molecular complexity index is 579. The van der Waals surface area contributed by atoms with Crippen LogP contribution in [0.4, 0.5) is 0 Å². The van der Waals surface area contributed by atoms with Gasteiger partial charge in [-0.1, -0.05) is 37.6 Å². The average Bonchev–Trinajstić information content (AvgIpc) is 2.98. The Balaban J connectivity index is 1.66. The summed E-state index contributed by atoms with van der Waals surface area (Å²) in [4.78, 5) is 15.0. The van der Waals surface area contributed by atoms with E-state index in [1.54, 1.807) is 0 Å². The van der Waals surface area contributed by atoms with Crippen LogP contribution in [0.3, 0.4) is 0 Å². The van der Waals surface area contributed by atoms with Gasteiger partial charge in [-0.05, 0) is 36.0 Å². The van der Waals surface area contributed by atoms with Gasteiger partial charge in [0.1, 0.15) is 0 Å². The molecule has 0 N–H and O–H groups in total. The summed E-state index contributed by atoms with van der Waals surface area (Å²) in [6.07, 6.45) is 2.25. The number of hydrogen-bond donors (Lipinski definition) is 0. The lowest BCUT2D eigenvalue weighted by atomic mass is 9.81. The summed E-state index contributed by atoms with van der Waals surface area (Å²) < 4.78 is 11.2. The van der Waals surface area contributed by atoms with Crippen molar-refractivity contribution in [2.24, 2.45) is 5.41 Å². The zero-order valence-electron chi connectivity index (χ0n) is 14.5. The van der Waals surface area contributed by atoms with Crippen molar-refractivity contribution in [2.75, 3.05) is 33.0 Å². The predicted octanol–water partition coefficient (Wildman–Crippen LogP) is 3.32. The topological polar surface area (TPSA) is 38.8 Å². The van der Waals surface area contributed by atoms with E-state index in [1.165, 1.54) is 5.56 Å². The SMILES string of the molecule is CC(C)(CC(=O)N1CCOCC12CCOC2)Cc1ccc(Cl)cc1. The van der Waals surface area contributed by atoms with Gasteiger partial charge in [-0.2, -0.15) is 0 Å². The molecule has 1 spiro atoms. The Morgan fingerprint density at radius 1 is 1.21 bits per heavy atom. The van der Waals surface area contributed by atoms with Crippen LogP contribution < -0.4 is 0 Å². The first-order valence-electron chi connectivity index (χ1n) is 8.61. The first-order chi connectivity index (χ1) is 11.4. The third-order valence-corrected chi connectivity index (χ3v) is 5.26. The molecular formula is C19H26ClNO3. The monoisotopic (exact) mass is 351 g/mol. The van der Waals surface area contributed by atoms with Crippen LogP contribution in [0, 0.1) is 5.41 Å². The molecule has 0 radical (unpaired) electrons. The molecule has 0 saturated carbocycles. The number of halogens is 1. The van der Waals surface area contributed by atoms with Crippen LogP contribution in [0.2, 0.25) is 5.02 Å². The Kier molecular flexibility index (Phi) is 5.19. The third-order valence-electron chi connectivity index (χ3n) is 5.01. The van der Waals surface area contributed by atoms with Gasteiger partial charge in [0.15, 0.2) is 0 Å². The van der Waals surface area contributed by atoms with Gasteiger partial charge in [0.05, 0.1) is 25.4 Å². The zero-order chi connectivity index (χ0) is 17.2. The predicted molar refractivity (Wildman–Crippen MR) is 94.3 cm³/mol. The Hall–Kier alpha value is -1.10. The standard InChI is InChI=1S/C19H26ClNO3/c1-18(2,11-15-3-5-16(20)6-4-15)12-17(22)21-8-10-24-14-19(21)7-9-23-13-19/h3-6H,7-14H2,1-2H3. The molecule has 2 aliphatic rings. The van der Waals surface area contributed by atoms with Gasteiger partial charge in [0, 0.05) is 24.6 Å². The van der Waals surface area contributed by atoms with Crippen LogP contribution in [0.5, 0.6) is 0 Å². The number of ether oxygens (including phenoxy) is 2. The van der Waals surface area contributed by atoms with E-state index < -0.39 is 0 Å². The minimum absolute atomic E-state index is 0.107. The van der Waals surface area contributed by atoms with E-state index in [2.05, 4.69) is 13.8 Å². The molecule has 2 aliphatic heterocycles. The van der Waals surface area contributed by atoms with Crippen LogP contribution in [0.15, 0.2) is 24.3 Å². The Morgan fingerprint density at radius 3 is 2.54 bits per heavy atom. The molecule has 2 fully saturated rings. The molecule has 132 valence electrons. The average molecular weight is 352 g/mol. The highest BCUT2D eigenvalue weighted by Gasteiger charge is 2.46. The molecule has 0 aliphatic carbocycles. The lowest BCUT2D eigenvalue weighted by molar-refractivity contribution is -0.151. The number of benzene rings is 1. The van der Waals surface area contributed by atoms with Gasteiger partial charge < -0.3 is 14.4 Å². The normalized spacial score (nSPS) is 24.5. The summed E-state index contributed by atoms with van der Waals surface area (Å²) in [5.41, 5.74) is 0.855. The molecule has 1 aromatic rings. The first kappa shape index (κ1) is 17.7. The number of rotatable bonds is 4. The van der Waals surface area contributed by atoms with E-state index in [0.29, 0.717) is 39.4 Å². The van der Waals surface area contributed by atoms with Crippen molar-refractivity contribution >= 4 is 17.5 Å². The molecule has 1 atom stereocenters. The second kappa shape index (κ2) is 7.03. The maximum atomic E-state index is 13.0. The van der Waals surface area contributed by atoms with E-state index in [4.69, 9.17) is 21.1 Å². The number of carbonyl (C=O) groups is 1. The van der Waals surface area contributed by atoms with Gasteiger partial charge >= 0.3 is 0 Å². The third kappa shape index (κ3) is 3.93. The van der Waals surface area contributed by atoms with Crippen molar-refractivity contribution in [2.45, 2.75) is 38.6 Å². The molecule has 24 heavy (non-hydrogen) atoms. The van der Waals surface area contributed by atoms with Crippen molar-refractivity contribution < 1.29 is 14.3 Å². The number of hydrogen-bond acceptors (Lipinski definition) is 3. The van der Waals surface area contributed by atoms with Crippen LogP contribution in [-0.4, -0.2) is 49.3 Å². The molecular weight excluding hydrogens is 326 g/mol. The summed E-state index contributed by atoms with van der Waals surface area (Å²) in [6.45, 7) is 7.48. The van der Waals surface area contributed by atoms with E-state index in [1.807, 2.05) is 29.2 Å². The molecule has 1 amide bonds. The fraction of sp³-hybridized carbons (Fsp3) is 0.632. The molecule has 5 heteroatoms. The van der Waals surface area contributed by atoms with Gasteiger partial charge in [-0.15, -0.1) is 0 Å². The van der Waals surface area contributed by atoms with Crippen LogP contribution in [0.1, 0.15) is 32.3 Å². The second-order valence-corrected chi connectivity index (χ2v) is 8.21. The van der Waals surface area contributed by atoms with Crippen molar-refractivity contribution in [1.29, 1.82) is 0 Å². The van der Waals surface area contributed by atoms with Crippen LogP contribution in [0.25, 0.3) is 0 Å². The first-order valence-corrected chi connectivity index (χ1v) is 8.99. The van der Waals surface area contributed by atoms with Gasteiger partial charge in [-0.25, -0.2) is 0 Å². The fourth-order valence-electron chi connectivity index (χ4n) is 3.77. The summed E-state index contributed by atoms with van der Waals surface area (Å²) >= 11 is 5.95. The molecule has 1 aromatic carbocycles. The van der Waals surface area contributed by atoms with Crippen molar-refractivity contribution in [3.63, 3.8) is 0 Å². The van der Waals surface area contributed by atoms with Gasteiger partial charge in [0.2, 0.25) is 5.91 Å². The number of nitrogens with zero attached hydrogens (tertiary/aromatic N) is 1. The van der Waals surface area contributed by atoms with E-state index in [9.17, 15) is 4.79 Å². The summed E-state index contributed by atoms with van der Waals surface area (Å²) in [6, 6.07) is 7.88. The smallest absolute Gasteiger partial charge is 0.223 e. The second-order valence-electron chi connectivity index (χ2n) is 7.77. The molecule has 4 nitrogen and oxygen atoms in total. The highest BCUT2D eigenvalue weighted by atomic mass is 35.5. The van der Waals surface area contributed by atoms with E-state index in [0.717, 1.165) is 17.9 Å². The molecule has 2 saturated heterocycles. The zero-order valence-corrected chi connectivity index (χ0v) is 15.3. The quantitative estimate of drug-likeness (QED) is 0.835. The highest BCUT2D eigenvalue weighted by Crippen LogP contribution is 2.33. The molecule has 2 heterocycles. The Labute approximate surface area is 149 Å². The van der Waals surface area contributed by atoms with Gasteiger partial charge in [0.25, 0.3) is 0 Å². The number of morpholine rings is 1. The summed E-state index contributed by atoms with van der Waals surface area (Å²) in [5, 5.41) is 0.740. The maximum Gasteiger partial charge on any atom is 0.223 e. The lowest BCUT2D eigenvalue weighted by Gasteiger charge is -2.44. The number of amides is 1. The molecule has 1 unspecified atom stereocenters. The maximum absolute atomic E-state index is 13.0. The molecule has 0 bridgehead atoms. The molecule has 3 rings (SSSR count). The minimum Gasteiger partial charge on any atom is -0.379 e.